The van der Waals surface area contributed by atoms with Gasteiger partial charge in [0, 0.05) is 32.8 Å². The Morgan fingerprint density at radius 1 is 0.314 bits per heavy atom. The molecule has 0 bridgehead atoms. The van der Waals surface area contributed by atoms with Crippen LogP contribution in [0, 0.1) is 0 Å². The number of para-hydroxylation sites is 1. The van der Waals surface area contributed by atoms with Gasteiger partial charge in [-0.3, -0.25) is 0 Å². The van der Waals surface area contributed by atoms with Crippen LogP contribution in [0.15, 0.2) is 180 Å². The molecule has 2 heterocycles. The van der Waals surface area contributed by atoms with E-state index in [1.807, 2.05) is 48.5 Å². The summed E-state index contributed by atoms with van der Waals surface area (Å²) in [6, 6.07) is 61.0. The molecule has 0 unspecified atom stereocenters. The zero-order chi connectivity index (χ0) is 33.7. The number of hydrogen-bond donors (Lipinski definition) is 0. The number of rotatable bonds is 5. The summed E-state index contributed by atoms with van der Waals surface area (Å²) in [6.45, 7) is 0. The van der Waals surface area contributed by atoms with E-state index in [0.717, 1.165) is 66.1 Å². The average molecular weight is 652 g/mol. The molecular weight excluding hydrogens is 623 g/mol. The fourth-order valence-corrected chi connectivity index (χ4v) is 7.21. The third kappa shape index (κ3) is 5.04. The van der Waals surface area contributed by atoms with E-state index in [2.05, 4.69) is 127 Å². The van der Waals surface area contributed by atoms with E-state index in [-0.39, 0.29) is 0 Å². The second-order valence-corrected chi connectivity index (χ2v) is 12.8. The lowest BCUT2D eigenvalue weighted by molar-refractivity contribution is 0.672. The fraction of sp³-hybridized carbons (Fsp3) is 0. The first-order valence-corrected chi connectivity index (χ1v) is 17.1. The molecule has 4 heteroatoms. The minimum Gasteiger partial charge on any atom is -0.455 e. The SMILES string of the molecule is c1ccc(-c2ccc3c(-c4nc(-c5ccccc5)nc(-c5ccc(-c6cccc7ccccc67)cc5)n4)cc4c5ccccc5oc4c3c2)cc1. The van der Waals surface area contributed by atoms with Gasteiger partial charge in [-0.1, -0.05) is 158 Å². The maximum absolute atomic E-state index is 6.55. The van der Waals surface area contributed by atoms with Crippen LogP contribution in [-0.2, 0) is 0 Å². The van der Waals surface area contributed by atoms with Crippen molar-refractivity contribution >= 4 is 43.5 Å². The summed E-state index contributed by atoms with van der Waals surface area (Å²) < 4.78 is 6.55. The topological polar surface area (TPSA) is 51.8 Å². The third-order valence-electron chi connectivity index (χ3n) is 9.74. The van der Waals surface area contributed by atoms with Crippen LogP contribution in [-0.4, -0.2) is 15.0 Å². The number of nitrogens with zero attached hydrogens (tertiary/aromatic N) is 3. The summed E-state index contributed by atoms with van der Waals surface area (Å²) in [4.78, 5) is 15.4. The summed E-state index contributed by atoms with van der Waals surface area (Å²) >= 11 is 0. The van der Waals surface area contributed by atoms with E-state index < -0.39 is 0 Å². The van der Waals surface area contributed by atoms with Crippen molar-refractivity contribution in [2.45, 2.75) is 0 Å². The van der Waals surface area contributed by atoms with Gasteiger partial charge >= 0.3 is 0 Å². The maximum atomic E-state index is 6.55. The zero-order valence-corrected chi connectivity index (χ0v) is 27.5. The molecule has 10 aromatic rings. The highest BCUT2D eigenvalue weighted by Gasteiger charge is 2.19. The van der Waals surface area contributed by atoms with Crippen LogP contribution in [0.2, 0.25) is 0 Å². The lowest BCUT2D eigenvalue weighted by Crippen LogP contribution is -2.00. The van der Waals surface area contributed by atoms with E-state index >= 15 is 0 Å². The van der Waals surface area contributed by atoms with Crippen molar-refractivity contribution in [2.24, 2.45) is 0 Å². The van der Waals surface area contributed by atoms with Crippen molar-refractivity contribution in [1.82, 2.24) is 15.0 Å². The van der Waals surface area contributed by atoms with Crippen LogP contribution in [0.4, 0.5) is 0 Å². The maximum Gasteiger partial charge on any atom is 0.164 e. The van der Waals surface area contributed by atoms with Crippen molar-refractivity contribution in [1.29, 1.82) is 0 Å². The van der Waals surface area contributed by atoms with Crippen LogP contribution in [0.3, 0.4) is 0 Å². The molecule has 0 saturated carbocycles. The Morgan fingerprint density at radius 2 is 0.882 bits per heavy atom. The van der Waals surface area contributed by atoms with Crippen molar-refractivity contribution < 1.29 is 4.42 Å². The Hall–Kier alpha value is -6.91. The Bertz CT molecular complexity index is 2890. The van der Waals surface area contributed by atoms with Gasteiger partial charge in [-0.25, -0.2) is 15.0 Å². The Labute approximate surface area is 294 Å². The van der Waals surface area contributed by atoms with Gasteiger partial charge in [0.1, 0.15) is 11.2 Å². The molecule has 0 aliphatic rings. The summed E-state index contributed by atoms with van der Waals surface area (Å²) in [5, 5.41) is 6.57. The Kier molecular flexibility index (Phi) is 6.78. The standard InChI is InChI=1S/C47H29N3O/c1-3-12-30(13-4-1)35-26-27-38-40(28-35)44-41(39-19-9-10-21-43(39)51-44)29-42(38)47-49-45(33-15-5-2-6-16-33)48-46(50-47)34-24-22-32(23-25-34)37-20-11-17-31-14-7-8-18-36(31)37/h1-29H. The van der Waals surface area contributed by atoms with Crippen LogP contribution >= 0.6 is 0 Å². The third-order valence-corrected chi connectivity index (χ3v) is 9.74. The highest BCUT2D eigenvalue weighted by atomic mass is 16.3. The normalized spacial score (nSPS) is 11.5. The van der Waals surface area contributed by atoms with Crippen LogP contribution in [0.25, 0.3) is 99.9 Å². The van der Waals surface area contributed by atoms with Crippen molar-refractivity contribution in [2.75, 3.05) is 0 Å². The molecule has 10 rings (SSSR count). The first-order chi connectivity index (χ1) is 25.3. The quantitative estimate of drug-likeness (QED) is 0.186. The molecule has 8 aromatic carbocycles. The van der Waals surface area contributed by atoms with Crippen LogP contribution in [0.1, 0.15) is 0 Å². The highest BCUT2D eigenvalue weighted by molar-refractivity contribution is 6.19. The molecule has 0 radical (unpaired) electrons. The van der Waals surface area contributed by atoms with Gasteiger partial charge < -0.3 is 4.42 Å². The monoisotopic (exact) mass is 651 g/mol. The molecular formula is C47H29N3O. The molecule has 0 fully saturated rings. The molecule has 2 aromatic heterocycles. The lowest BCUT2D eigenvalue weighted by Gasteiger charge is -2.12. The summed E-state index contributed by atoms with van der Waals surface area (Å²) in [5.41, 5.74) is 9.10. The smallest absolute Gasteiger partial charge is 0.164 e. The summed E-state index contributed by atoms with van der Waals surface area (Å²) in [6.07, 6.45) is 0. The molecule has 0 aliphatic heterocycles. The number of furan rings is 1. The highest BCUT2D eigenvalue weighted by Crippen LogP contribution is 2.41. The van der Waals surface area contributed by atoms with Gasteiger partial charge in [0.05, 0.1) is 0 Å². The van der Waals surface area contributed by atoms with Gasteiger partial charge in [-0.15, -0.1) is 0 Å². The number of aromatic nitrogens is 3. The number of benzene rings is 8. The molecule has 0 atom stereocenters. The van der Waals surface area contributed by atoms with Gasteiger partial charge in [-0.05, 0) is 56.6 Å². The molecule has 51 heavy (non-hydrogen) atoms. The summed E-state index contributed by atoms with van der Waals surface area (Å²) in [5.74, 6) is 1.86. The van der Waals surface area contributed by atoms with E-state index in [4.69, 9.17) is 19.4 Å². The predicted molar refractivity (Wildman–Crippen MR) is 209 cm³/mol. The first kappa shape index (κ1) is 29.0. The van der Waals surface area contributed by atoms with Crippen LogP contribution in [0.5, 0.6) is 0 Å². The van der Waals surface area contributed by atoms with E-state index in [1.54, 1.807) is 0 Å². The minimum absolute atomic E-state index is 0.613. The fourth-order valence-electron chi connectivity index (χ4n) is 7.21. The molecule has 0 aliphatic carbocycles. The molecule has 0 spiro atoms. The van der Waals surface area contributed by atoms with Crippen LogP contribution < -0.4 is 0 Å². The molecule has 238 valence electrons. The number of fused-ring (bicyclic) bond motifs is 6. The van der Waals surface area contributed by atoms with E-state index in [9.17, 15) is 0 Å². The molecule has 0 saturated heterocycles. The second-order valence-electron chi connectivity index (χ2n) is 12.8. The molecule has 4 nitrogen and oxygen atoms in total. The van der Waals surface area contributed by atoms with Crippen molar-refractivity contribution in [3.05, 3.63) is 176 Å². The Balaban J connectivity index is 1.19. The number of hydrogen-bond acceptors (Lipinski definition) is 4. The Morgan fingerprint density at radius 3 is 1.67 bits per heavy atom. The van der Waals surface area contributed by atoms with E-state index in [0.29, 0.717) is 17.5 Å². The van der Waals surface area contributed by atoms with Gasteiger partial charge in [0.2, 0.25) is 0 Å². The predicted octanol–water partition coefficient (Wildman–Crippen LogP) is 12.4. The lowest BCUT2D eigenvalue weighted by atomic mass is 9.95. The average Bonchev–Trinajstić information content (AvgIpc) is 3.60. The van der Waals surface area contributed by atoms with Crippen molar-refractivity contribution in [3.8, 4) is 56.4 Å². The van der Waals surface area contributed by atoms with E-state index in [1.165, 1.54) is 16.3 Å². The first-order valence-electron chi connectivity index (χ1n) is 17.1. The molecule has 0 amide bonds. The summed E-state index contributed by atoms with van der Waals surface area (Å²) in [7, 11) is 0. The second kappa shape index (κ2) is 11.9. The zero-order valence-electron chi connectivity index (χ0n) is 27.5. The van der Waals surface area contributed by atoms with Gasteiger partial charge in [-0.2, -0.15) is 0 Å². The van der Waals surface area contributed by atoms with Gasteiger partial charge in [0.15, 0.2) is 17.5 Å². The van der Waals surface area contributed by atoms with Crippen molar-refractivity contribution in [3.63, 3.8) is 0 Å². The molecule has 0 N–H and O–H groups in total. The largest absolute Gasteiger partial charge is 0.455 e. The minimum atomic E-state index is 0.613. The van der Waals surface area contributed by atoms with Gasteiger partial charge in [0.25, 0.3) is 0 Å².